The van der Waals surface area contributed by atoms with Crippen molar-refractivity contribution in [1.29, 1.82) is 0 Å². The summed E-state index contributed by atoms with van der Waals surface area (Å²) in [5.41, 5.74) is 0.971. The van der Waals surface area contributed by atoms with Crippen LogP contribution in [0.15, 0.2) is 24.3 Å². The summed E-state index contributed by atoms with van der Waals surface area (Å²) in [6.07, 6.45) is 0. The van der Waals surface area contributed by atoms with Gasteiger partial charge < -0.3 is 4.90 Å². The van der Waals surface area contributed by atoms with Crippen molar-refractivity contribution < 1.29 is 4.39 Å². The fraction of sp³-hybridized carbons (Fsp3) is 0.600. The number of para-hydroxylation sites is 1. The van der Waals surface area contributed by atoms with E-state index in [2.05, 4.69) is 36.3 Å². The number of rotatable bonds is 4. The molecule has 2 nitrogen and oxygen atoms in total. The second-order valence-corrected chi connectivity index (χ2v) is 6.35. The summed E-state index contributed by atoms with van der Waals surface area (Å²) in [5.74, 6) is 0.771. The van der Waals surface area contributed by atoms with E-state index >= 15 is 0 Å². The van der Waals surface area contributed by atoms with E-state index in [9.17, 15) is 4.39 Å². The first-order chi connectivity index (χ1) is 9.02. The third kappa shape index (κ3) is 3.86. The molecule has 2 rings (SSSR count). The van der Waals surface area contributed by atoms with Gasteiger partial charge in [-0.2, -0.15) is 12.6 Å². The number of nitrogens with zero attached hydrogens (tertiary/aromatic N) is 2. The Hall–Kier alpha value is -0.740. The van der Waals surface area contributed by atoms with Gasteiger partial charge in [0.1, 0.15) is 5.82 Å². The van der Waals surface area contributed by atoms with Gasteiger partial charge in [0.15, 0.2) is 0 Å². The van der Waals surface area contributed by atoms with Gasteiger partial charge in [-0.15, -0.1) is 0 Å². The van der Waals surface area contributed by atoms with E-state index in [1.165, 1.54) is 6.07 Å². The fourth-order valence-electron chi connectivity index (χ4n) is 2.51. The highest BCUT2D eigenvalue weighted by atomic mass is 32.1. The summed E-state index contributed by atoms with van der Waals surface area (Å²) < 4.78 is 13.7. The van der Waals surface area contributed by atoms with Crippen LogP contribution in [0.25, 0.3) is 0 Å². The Morgan fingerprint density at radius 3 is 2.37 bits per heavy atom. The smallest absolute Gasteiger partial charge is 0.146 e. The van der Waals surface area contributed by atoms with Crippen LogP contribution >= 0.6 is 12.6 Å². The predicted molar refractivity (Wildman–Crippen MR) is 82.7 cm³/mol. The van der Waals surface area contributed by atoms with Crippen LogP contribution in [-0.4, -0.2) is 43.4 Å². The third-order valence-electron chi connectivity index (χ3n) is 3.65. The number of hydrogen-bond acceptors (Lipinski definition) is 3. The van der Waals surface area contributed by atoms with Crippen LogP contribution in [0.1, 0.15) is 13.8 Å². The molecule has 1 aliphatic heterocycles. The van der Waals surface area contributed by atoms with Crippen molar-refractivity contribution in [2.45, 2.75) is 13.8 Å². The molecule has 0 aliphatic carbocycles. The van der Waals surface area contributed by atoms with Crippen molar-refractivity contribution >= 4 is 18.3 Å². The van der Waals surface area contributed by atoms with E-state index in [1.54, 1.807) is 6.07 Å². The highest BCUT2D eigenvalue weighted by molar-refractivity contribution is 7.80. The highest BCUT2D eigenvalue weighted by Crippen LogP contribution is 2.23. The molecular formula is C15H23FN2S. The number of halogens is 1. The first-order valence-corrected chi connectivity index (χ1v) is 7.48. The third-order valence-corrected chi connectivity index (χ3v) is 4.50. The Bertz CT molecular complexity index is 414. The van der Waals surface area contributed by atoms with E-state index in [-0.39, 0.29) is 11.2 Å². The average molecular weight is 282 g/mol. The van der Waals surface area contributed by atoms with Crippen LogP contribution in [0, 0.1) is 11.2 Å². The lowest BCUT2D eigenvalue weighted by Crippen LogP contribution is -2.49. The molecule has 1 saturated heterocycles. The molecular weight excluding hydrogens is 259 g/mol. The van der Waals surface area contributed by atoms with Crippen LogP contribution < -0.4 is 4.90 Å². The summed E-state index contributed by atoms with van der Waals surface area (Å²) in [7, 11) is 0. The first kappa shape index (κ1) is 14.7. The highest BCUT2D eigenvalue weighted by Gasteiger charge is 2.24. The standard InChI is InChI=1S/C15H23FN2S/c1-15(2,12-19)11-17-7-9-18(10-8-17)14-6-4-3-5-13(14)16/h3-6,19H,7-12H2,1-2H3. The number of anilines is 1. The van der Waals surface area contributed by atoms with Crippen molar-refractivity contribution in [3.05, 3.63) is 30.1 Å². The zero-order valence-corrected chi connectivity index (χ0v) is 12.7. The number of benzene rings is 1. The Labute approximate surface area is 121 Å². The predicted octanol–water partition coefficient (Wildman–Crippen LogP) is 2.90. The van der Waals surface area contributed by atoms with Crippen LogP contribution in [-0.2, 0) is 0 Å². The van der Waals surface area contributed by atoms with Gasteiger partial charge in [-0.25, -0.2) is 4.39 Å². The molecule has 1 heterocycles. The van der Waals surface area contributed by atoms with E-state index in [1.807, 2.05) is 12.1 Å². The van der Waals surface area contributed by atoms with Gasteiger partial charge in [0.2, 0.25) is 0 Å². The zero-order valence-electron chi connectivity index (χ0n) is 11.8. The maximum absolute atomic E-state index is 13.7. The second kappa shape index (κ2) is 6.14. The summed E-state index contributed by atoms with van der Waals surface area (Å²) in [5, 5.41) is 0. The Morgan fingerprint density at radius 2 is 1.79 bits per heavy atom. The van der Waals surface area contributed by atoms with Gasteiger partial charge in [-0.05, 0) is 23.3 Å². The monoisotopic (exact) mass is 282 g/mol. The van der Waals surface area contributed by atoms with Gasteiger partial charge >= 0.3 is 0 Å². The molecule has 0 N–H and O–H groups in total. The lowest BCUT2D eigenvalue weighted by Gasteiger charge is -2.39. The van der Waals surface area contributed by atoms with Crippen molar-refractivity contribution in [1.82, 2.24) is 4.90 Å². The van der Waals surface area contributed by atoms with E-state index in [4.69, 9.17) is 0 Å². The average Bonchev–Trinajstić information content (AvgIpc) is 2.40. The molecule has 19 heavy (non-hydrogen) atoms. The minimum Gasteiger partial charge on any atom is -0.367 e. The second-order valence-electron chi connectivity index (χ2n) is 6.04. The van der Waals surface area contributed by atoms with Crippen LogP contribution in [0.2, 0.25) is 0 Å². The molecule has 106 valence electrons. The van der Waals surface area contributed by atoms with Gasteiger partial charge in [-0.3, -0.25) is 4.90 Å². The topological polar surface area (TPSA) is 6.48 Å². The van der Waals surface area contributed by atoms with E-state index in [0.717, 1.165) is 44.2 Å². The molecule has 1 fully saturated rings. The molecule has 0 amide bonds. The van der Waals surface area contributed by atoms with Crippen molar-refractivity contribution in [3.8, 4) is 0 Å². The largest absolute Gasteiger partial charge is 0.367 e. The summed E-state index contributed by atoms with van der Waals surface area (Å²) in [4.78, 5) is 4.59. The van der Waals surface area contributed by atoms with Gasteiger partial charge in [0.25, 0.3) is 0 Å². The maximum Gasteiger partial charge on any atom is 0.146 e. The molecule has 0 bridgehead atoms. The lowest BCUT2D eigenvalue weighted by molar-refractivity contribution is 0.185. The maximum atomic E-state index is 13.7. The van der Waals surface area contributed by atoms with Gasteiger partial charge in [0, 0.05) is 32.7 Å². The zero-order chi connectivity index (χ0) is 13.9. The summed E-state index contributed by atoms with van der Waals surface area (Å²) in [6.45, 7) is 9.30. The minimum absolute atomic E-state index is 0.119. The van der Waals surface area contributed by atoms with Gasteiger partial charge in [-0.1, -0.05) is 26.0 Å². The van der Waals surface area contributed by atoms with Crippen molar-refractivity contribution in [3.63, 3.8) is 0 Å². The molecule has 1 aromatic rings. The fourth-order valence-corrected chi connectivity index (χ4v) is 2.61. The SMILES string of the molecule is CC(C)(CS)CN1CCN(c2ccccc2F)CC1. The summed E-state index contributed by atoms with van der Waals surface area (Å²) >= 11 is 4.40. The molecule has 1 aliphatic rings. The lowest BCUT2D eigenvalue weighted by atomic mass is 9.95. The van der Waals surface area contributed by atoms with E-state index in [0.29, 0.717) is 0 Å². The Morgan fingerprint density at radius 1 is 1.16 bits per heavy atom. The molecule has 0 saturated carbocycles. The molecule has 0 atom stereocenters. The van der Waals surface area contributed by atoms with E-state index < -0.39 is 0 Å². The molecule has 0 spiro atoms. The first-order valence-electron chi connectivity index (χ1n) is 6.84. The molecule has 0 radical (unpaired) electrons. The van der Waals surface area contributed by atoms with Crippen LogP contribution in [0.3, 0.4) is 0 Å². The Balaban J connectivity index is 1.91. The van der Waals surface area contributed by atoms with Crippen LogP contribution in [0.4, 0.5) is 10.1 Å². The normalized spacial score (nSPS) is 17.8. The minimum atomic E-state index is -0.119. The van der Waals surface area contributed by atoms with Crippen LogP contribution in [0.5, 0.6) is 0 Å². The van der Waals surface area contributed by atoms with Crippen molar-refractivity contribution in [2.75, 3.05) is 43.4 Å². The number of hydrogen-bond donors (Lipinski definition) is 1. The Kier molecular flexibility index (Phi) is 4.74. The van der Waals surface area contributed by atoms with Crippen molar-refractivity contribution in [2.24, 2.45) is 5.41 Å². The quantitative estimate of drug-likeness (QED) is 0.848. The molecule has 0 unspecified atom stereocenters. The summed E-state index contributed by atoms with van der Waals surface area (Å²) in [6, 6.07) is 7.04. The molecule has 1 aromatic carbocycles. The number of piperazine rings is 1. The van der Waals surface area contributed by atoms with Gasteiger partial charge in [0.05, 0.1) is 5.69 Å². The molecule has 4 heteroatoms. The molecule has 0 aromatic heterocycles. The number of thiol groups is 1.